The topological polar surface area (TPSA) is 120 Å². The highest BCUT2D eigenvalue weighted by Crippen LogP contribution is 2.36. The summed E-state index contributed by atoms with van der Waals surface area (Å²) < 4.78 is 0. The molecule has 7 heteroatoms. The SMILES string of the molecule is O=C(O)c1ccc2c(N=Nc3ccccc3C(=O)O)c(O)ccc2c1. The second kappa shape index (κ2) is 6.40. The van der Waals surface area contributed by atoms with Crippen LogP contribution in [0.2, 0.25) is 0 Å². The minimum absolute atomic E-state index is 0.0147. The van der Waals surface area contributed by atoms with Gasteiger partial charge >= 0.3 is 11.9 Å². The molecular formula is C18H12N2O5. The molecule has 7 nitrogen and oxygen atoms in total. The fourth-order valence-electron chi connectivity index (χ4n) is 2.39. The van der Waals surface area contributed by atoms with Crippen molar-refractivity contribution in [3.05, 3.63) is 65.7 Å². The number of hydrogen-bond acceptors (Lipinski definition) is 5. The van der Waals surface area contributed by atoms with Gasteiger partial charge in [-0.05, 0) is 35.7 Å². The standard InChI is InChI=1S/C18H12N2O5/c21-15-8-6-10-9-11(17(22)23)5-7-12(10)16(15)20-19-14-4-2-1-3-13(14)18(24)25/h1-9,21H,(H,22,23)(H,24,25). The maximum atomic E-state index is 11.2. The molecule has 0 aliphatic heterocycles. The second-order valence-corrected chi connectivity index (χ2v) is 5.20. The maximum Gasteiger partial charge on any atom is 0.337 e. The summed E-state index contributed by atoms with van der Waals surface area (Å²) in [6.45, 7) is 0. The molecule has 0 aliphatic carbocycles. The summed E-state index contributed by atoms with van der Waals surface area (Å²) in [5.41, 5.74) is 0.375. The zero-order valence-electron chi connectivity index (χ0n) is 12.7. The molecule has 124 valence electrons. The van der Waals surface area contributed by atoms with Crippen molar-refractivity contribution >= 4 is 34.1 Å². The molecule has 0 spiro atoms. The number of nitrogens with zero attached hydrogens (tertiary/aromatic N) is 2. The highest BCUT2D eigenvalue weighted by molar-refractivity contribution is 6.00. The van der Waals surface area contributed by atoms with Crippen LogP contribution in [0.5, 0.6) is 5.75 Å². The third-order valence-electron chi connectivity index (χ3n) is 3.61. The third kappa shape index (κ3) is 3.16. The van der Waals surface area contributed by atoms with Gasteiger partial charge in [-0.2, -0.15) is 0 Å². The smallest absolute Gasteiger partial charge is 0.337 e. The first-order chi connectivity index (χ1) is 12.0. The molecule has 0 radical (unpaired) electrons. The predicted octanol–water partition coefficient (Wildman–Crippen LogP) is 4.36. The van der Waals surface area contributed by atoms with Crippen LogP contribution in [0, 0.1) is 0 Å². The Bertz CT molecular complexity index is 1030. The van der Waals surface area contributed by atoms with E-state index in [1.807, 2.05) is 0 Å². The van der Waals surface area contributed by atoms with E-state index in [1.165, 1.54) is 36.4 Å². The van der Waals surface area contributed by atoms with Crippen molar-refractivity contribution < 1.29 is 24.9 Å². The first-order valence-corrected chi connectivity index (χ1v) is 7.20. The minimum atomic E-state index is -1.14. The maximum absolute atomic E-state index is 11.2. The molecule has 0 heterocycles. The van der Waals surface area contributed by atoms with Crippen molar-refractivity contribution in [3.8, 4) is 5.75 Å². The Morgan fingerprint density at radius 2 is 1.60 bits per heavy atom. The van der Waals surface area contributed by atoms with E-state index in [0.717, 1.165) is 0 Å². The largest absolute Gasteiger partial charge is 0.506 e. The molecule has 0 amide bonds. The predicted molar refractivity (Wildman–Crippen MR) is 90.1 cm³/mol. The number of phenolic OH excluding ortho intramolecular Hbond substituents is 1. The van der Waals surface area contributed by atoms with Crippen LogP contribution >= 0.6 is 0 Å². The highest BCUT2D eigenvalue weighted by Gasteiger charge is 2.11. The monoisotopic (exact) mass is 336 g/mol. The molecule has 3 N–H and O–H groups in total. The van der Waals surface area contributed by atoms with Gasteiger partial charge in [0.2, 0.25) is 0 Å². The number of carboxylic acids is 2. The first kappa shape index (κ1) is 16.1. The molecule has 3 rings (SSSR count). The zero-order valence-corrected chi connectivity index (χ0v) is 12.7. The van der Waals surface area contributed by atoms with Crippen LogP contribution < -0.4 is 0 Å². The summed E-state index contributed by atoms with van der Waals surface area (Å²) in [6.07, 6.45) is 0. The van der Waals surface area contributed by atoms with E-state index >= 15 is 0 Å². The molecule has 0 saturated heterocycles. The van der Waals surface area contributed by atoms with Crippen LogP contribution in [0.3, 0.4) is 0 Å². The molecular weight excluding hydrogens is 324 g/mol. The molecule has 0 unspecified atom stereocenters. The average molecular weight is 336 g/mol. The number of aromatic carboxylic acids is 2. The molecule has 0 atom stereocenters. The van der Waals surface area contributed by atoms with Gasteiger partial charge in [0.25, 0.3) is 0 Å². The minimum Gasteiger partial charge on any atom is -0.506 e. The number of hydrogen-bond donors (Lipinski definition) is 3. The number of benzene rings is 3. The van der Waals surface area contributed by atoms with Crippen molar-refractivity contribution in [2.45, 2.75) is 0 Å². The first-order valence-electron chi connectivity index (χ1n) is 7.20. The number of carbonyl (C=O) groups is 2. The molecule has 0 bridgehead atoms. The Labute approximate surface area is 141 Å². The van der Waals surface area contributed by atoms with Crippen LogP contribution in [-0.4, -0.2) is 27.3 Å². The number of rotatable bonds is 4. The van der Waals surface area contributed by atoms with E-state index in [2.05, 4.69) is 10.2 Å². The molecule has 3 aromatic carbocycles. The Hall–Kier alpha value is -3.74. The Morgan fingerprint density at radius 3 is 2.32 bits per heavy atom. The van der Waals surface area contributed by atoms with Crippen molar-refractivity contribution in [2.24, 2.45) is 10.2 Å². The lowest BCUT2D eigenvalue weighted by Gasteiger charge is -2.05. The van der Waals surface area contributed by atoms with E-state index in [1.54, 1.807) is 18.2 Å². The third-order valence-corrected chi connectivity index (χ3v) is 3.61. The van der Waals surface area contributed by atoms with Gasteiger partial charge < -0.3 is 15.3 Å². The Kier molecular flexibility index (Phi) is 4.13. The highest BCUT2D eigenvalue weighted by atomic mass is 16.4. The number of fused-ring (bicyclic) bond motifs is 1. The second-order valence-electron chi connectivity index (χ2n) is 5.20. The van der Waals surface area contributed by atoms with E-state index < -0.39 is 11.9 Å². The van der Waals surface area contributed by atoms with Crippen LogP contribution in [0.15, 0.2) is 64.8 Å². The van der Waals surface area contributed by atoms with Crippen LogP contribution in [0.4, 0.5) is 11.4 Å². The summed E-state index contributed by atoms with van der Waals surface area (Å²) >= 11 is 0. The van der Waals surface area contributed by atoms with Gasteiger partial charge in [-0.15, -0.1) is 10.2 Å². The molecule has 0 aliphatic rings. The van der Waals surface area contributed by atoms with Crippen LogP contribution in [0.1, 0.15) is 20.7 Å². The fraction of sp³-hybridized carbons (Fsp3) is 0. The van der Waals surface area contributed by atoms with Gasteiger partial charge in [0.1, 0.15) is 17.1 Å². The summed E-state index contributed by atoms with van der Waals surface area (Å²) in [7, 11) is 0. The molecule has 0 aromatic heterocycles. The summed E-state index contributed by atoms with van der Waals surface area (Å²) in [5.74, 6) is -2.34. The van der Waals surface area contributed by atoms with Crippen LogP contribution in [0.25, 0.3) is 10.8 Å². The molecule has 3 aromatic rings. The summed E-state index contributed by atoms with van der Waals surface area (Å²) in [5, 5.41) is 37.3. The van der Waals surface area contributed by atoms with E-state index in [-0.39, 0.29) is 28.3 Å². The van der Waals surface area contributed by atoms with Crippen molar-refractivity contribution in [1.82, 2.24) is 0 Å². The number of phenols is 1. The molecule has 25 heavy (non-hydrogen) atoms. The summed E-state index contributed by atoms with van der Waals surface area (Å²) in [6, 6.07) is 13.4. The van der Waals surface area contributed by atoms with Gasteiger partial charge in [0.05, 0.1) is 11.1 Å². The lowest BCUT2D eigenvalue weighted by atomic mass is 10.1. The van der Waals surface area contributed by atoms with E-state index in [9.17, 15) is 14.7 Å². The van der Waals surface area contributed by atoms with Gasteiger partial charge in [-0.3, -0.25) is 0 Å². The number of azo groups is 1. The van der Waals surface area contributed by atoms with Crippen molar-refractivity contribution in [3.63, 3.8) is 0 Å². The van der Waals surface area contributed by atoms with Crippen molar-refractivity contribution in [1.29, 1.82) is 0 Å². The number of carboxylic acid groups (broad SMARTS) is 2. The van der Waals surface area contributed by atoms with E-state index in [0.29, 0.717) is 10.8 Å². The normalized spacial score (nSPS) is 11.0. The van der Waals surface area contributed by atoms with Gasteiger partial charge in [0.15, 0.2) is 0 Å². The number of aromatic hydroxyl groups is 1. The van der Waals surface area contributed by atoms with Crippen molar-refractivity contribution in [2.75, 3.05) is 0 Å². The molecule has 0 saturated carbocycles. The van der Waals surface area contributed by atoms with Gasteiger partial charge in [0, 0.05) is 5.39 Å². The fourth-order valence-corrected chi connectivity index (χ4v) is 2.39. The summed E-state index contributed by atoms with van der Waals surface area (Å²) in [4.78, 5) is 22.3. The Morgan fingerprint density at radius 1 is 0.840 bits per heavy atom. The van der Waals surface area contributed by atoms with Gasteiger partial charge in [-0.25, -0.2) is 9.59 Å². The lowest BCUT2D eigenvalue weighted by molar-refractivity contribution is 0.0686. The average Bonchev–Trinajstić information content (AvgIpc) is 2.60. The van der Waals surface area contributed by atoms with Gasteiger partial charge in [-0.1, -0.05) is 24.3 Å². The van der Waals surface area contributed by atoms with E-state index in [4.69, 9.17) is 10.2 Å². The lowest BCUT2D eigenvalue weighted by Crippen LogP contribution is -1.95. The quantitative estimate of drug-likeness (QED) is 0.612. The van der Waals surface area contributed by atoms with Crippen LogP contribution in [-0.2, 0) is 0 Å². The molecule has 0 fully saturated rings. The Balaban J connectivity index is 2.11. The zero-order chi connectivity index (χ0) is 18.0.